The second-order valence-corrected chi connectivity index (χ2v) is 3.50. The number of nitrogens with zero attached hydrogens (tertiary/aromatic N) is 1. The second kappa shape index (κ2) is 6.74. The van der Waals surface area contributed by atoms with Crippen molar-refractivity contribution < 1.29 is 4.79 Å². The summed E-state index contributed by atoms with van der Waals surface area (Å²) in [5.41, 5.74) is 1.000. The van der Waals surface area contributed by atoms with Gasteiger partial charge in [-0.15, -0.1) is 6.58 Å². The Morgan fingerprint density at radius 1 is 1.69 bits per heavy atom. The van der Waals surface area contributed by atoms with Crippen molar-refractivity contribution in [1.82, 2.24) is 15.6 Å². The number of nitrogens with one attached hydrogen (secondary N) is 2. The van der Waals surface area contributed by atoms with Gasteiger partial charge in [0.1, 0.15) is 0 Å². The van der Waals surface area contributed by atoms with Gasteiger partial charge in [-0.25, -0.2) is 0 Å². The summed E-state index contributed by atoms with van der Waals surface area (Å²) in [6.07, 6.45) is 5.18. The number of amides is 1. The van der Waals surface area contributed by atoms with Crippen LogP contribution in [-0.2, 0) is 4.79 Å². The predicted octanol–water partition coefficient (Wildman–Crippen LogP) is 1.03. The zero-order chi connectivity index (χ0) is 11.8. The molecule has 0 aliphatic rings. The van der Waals surface area contributed by atoms with Crippen molar-refractivity contribution in [2.75, 3.05) is 13.1 Å². The van der Waals surface area contributed by atoms with Crippen molar-refractivity contribution in [1.29, 1.82) is 0 Å². The Bertz CT molecular complexity index is 337. The first kappa shape index (κ1) is 12.4. The quantitative estimate of drug-likeness (QED) is 0.555. The first-order valence-corrected chi connectivity index (χ1v) is 5.25. The van der Waals surface area contributed by atoms with Gasteiger partial charge < -0.3 is 10.6 Å². The lowest BCUT2D eigenvalue weighted by Crippen LogP contribution is -2.35. The molecule has 0 spiro atoms. The van der Waals surface area contributed by atoms with Gasteiger partial charge in [0.05, 0.1) is 12.6 Å². The maximum absolute atomic E-state index is 11.5. The maximum Gasteiger partial charge on any atom is 0.234 e. The van der Waals surface area contributed by atoms with E-state index in [2.05, 4.69) is 22.2 Å². The lowest BCUT2D eigenvalue weighted by Gasteiger charge is -2.13. The molecule has 4 nitrogen and oxygen atoms in total. The first-order valence-electron chi connectivity index (χ1n) is 5.25. The number of hydrogen-bond acceptors (Lipinski definition) is 3. The minimum Gasteiger partial charge on any atom is -0.348 e. The van der Waals surface area contributed by atoms with Crippen molar-refractivity contribution in [3.8, 4) is 0 Å². The van der Waals surface area contributed by atoms with Crippen LogP contribution < -0.4 is 10.6 Å². The van der Waals surface area contributed by atoms with Crippen molar-refractivity contribution in [3.05, 3.63) is 42.7 Å². The predicted molar refractivity (Wildman–Crippen MR) is 63.9 cm³/mol. The van der Waals surface area contributed by atoms with E-state index in [9.17, 15) is 4.79 Å². The normalized spacial score (nSPS) is 11.8. The summed E-state index contributed by atoms with van der Waals surface area (Å²) in [5, 5.41) is 5.83. The molecular weight excluding hydrogens is 202 g/mol. The van der Waals surface area contributed by atoms with E-state index in [-0.39, 0.29) is 11.9 Å². The number of pyridine rings is 1. The number of carbonyl (C=O) groups is 1. The largest absolute Gasteiger partial charge is 0.348 e. The Labute approximate surface area is 95.8 Å². The van der Waals surface area contributed by atoms with Crippen LogP contribution in [0.3, 0.4) is 0 Å². The lowest BCUT2D eigenvalue weighted by atomic mass is 10.1. The third-order valence-corrected chi connectivity index (χ3v) is 2.14. The number of hydrogen-bond donors (Lipinski definition) is 2. The third kappa shape index (κ3) is 4.23. The second-order valence-electron chi connectivity index (χ2n) is 3.50. The molecule has 1 aromatic rings. The van der Waals surface area contributed by atoms with Gasteiger partial charge >= 0.3 is 0 Å². The Hall–Kier alpha value is -1.68. The molecule has 0 bridgehead atoms. The molecule has 0 radical (unpaired) electrons. The molecule has 0 saturated heterocycles. The topological polar surface area (TPSA) is 54.0 Å². The molecule has 1 amide bonds. The summed E-state index contributed by atoms with van der Waals surface area (Å²) in [5.74, 6) is -0.0294. The highest BCUT2D eigenvalue weighted by molar-refractivity contribution is 5.78. The summed E-state index contributed by atoms with van der Waals surface area (Å²) in [6, 6.07) is 3.77. The molecule has 0 saturated carbocycles. The lowest BCUT2D eigenvalue weighted by molar-refractivity contribution is -0.120. The summed E-state index contributed by atoms with van der Waals surface area (Å²) in [7, 11) is 0. The molecule has 0 fully saturated rings. The van der Waals surface area contributed by atoms with E-state index in [1.165, 1.54) is 0 Å². The third-order valence-electron chi connectivity index (χ3n) is 2.14. The first-order chi connectivity index (χ1) is 7.74. The van der Waals surface area contributed by atoms with E-state index in [4.69, 9.17) is 0 Å². The van der Waals surface area contributed by atoms with E-state index in [0.717, 1.165) is 5.56 Å². The highest BCUT2D eigenvalue weighted by Crippen LogP contribution is 2.08. The SMILES string of the molecule is C=CCNCC(=O)N[C@H](C)c1cccnc1. The van der Waals surface area contributed by atoms with Crippen molar-refractivity contribution in [2.45, 2.75) is 13.0 Å². The Morgan fingerprint density at radius 2 is 2.50 bits per heavy atom. The minimum absolute atomic E-state index is 0.0215. The smallest absolute Gasteiger partial charge is 0.234 e. The van der Waals surface area contributed by atoms with Crippen LogP contribution in [0.1, 0.15) is 18.5 Å². The van der Waals surface area contributed by atoms with Crippen LogP contribution in [-0.4, -0.2) is 24.0 Å². The number of rotatable bonds is 6. The fraction of sp³-hybridized carbons (Fsp3) is 0.333. The van der Waals surface area contributed by atoms with E-state index in [1.54, 1.807) is 18.5 Å². The highest BCUT2D eigenvalue weighted by Gasteiger charge is 2.08. The van der Waals surface area contributed by atoms with Gasteiger partial charge in [0, 0.05) is 18.9 Å². The molecule has 1 aromatic heterocycles. The van der Waals surface area contributed by atoms with Gasteiger partial charge in [0.25, 0.3) is 0 Å². The Morgan fingerprint density at radius 3 is 3.12 bits per heavy atom. The van der Waals surface area contributed by atoms with Crippen molar-refractivity contribution in [2.24, 2.45) is 0 Å². The van der Waals surface area contributed by atoms with Crippen LogP contribution >= 0.6 is 0 Å². The fourth-order valence-electron chi connectivity index (χ4n) is 1.30. The minimum atomic E-state index is -0.0294. The van der Waals surface area contributed by atoms with E-state index >= 15 is 0 Å². The van der Waals surface area contributed by atoms with Gasteiger partial charge in [-0.3, -0.25) is 9.78 Å². The zero-order valence-electron chi connectivity index (χ0n) is 9.44. The van der Waals surface area contributed by atoms with Crippen molar-refractivity contribution >= 4 is 5.91 Å². The van der Waals surface area contributed by atoms with Crippen LogP contribution in [0.5, 0.6) is 0 Å². The fourth-order valence-corrected chi connectivity index (χ4v) is 1.30. The van der Waals surface area contributed by atoms with Crippen molar-refractivity contribution in [3.63, 3.8) is 0 Å². The summed E-state index contributed by atoms with van der Waals surface area (Å²) < 4.78 is 0. The van der Waals surface area contributed by atoms with Gasteiger partial charge in [-0.2, -0.15) is 0 Å². The summed E-state index contributed by atoms with van der Waals surface area (Å²) in [4.78, 5) is 15.5. The average Bonchev–Trinajstić information content (AvgIpc) is 2.30. The van der Waals surface area contributed by atoms with Crippen LogP contribution in [0.25, 0.3) is 0 Å². The summed E-state index contributed by atoms with van der Waals surface area (Å²) in [6.45, 7) is 6.43. The van der Waals surface area contributed by atoms with Gasteiger partial charge in [0.15, 0.2) is 0 Å². The van der Waals surface area contributed by atoms with E-state index < -0.39 is 0 Å². The van der Waals surface area contributed by atoms with Crippen LogP contribution in [0.2, 0.25) is 0 Å². The standard InChI is InChI=1S/C12H17N3O/c1-3-6-13-9-12(16)15-10(2)11-5-4-7-14-8-11/h3-5,7-8,10,13H,1,6,9H2,2H3,(H,15,16)/t10-/m1/s1. The Balaban J connectivity index is 2.36. The molecule has 86 valence electrons. The van der Waals surface area contributed by atoms with E-state index in [1.807, 2.05) is 19.1 Å². The van der Waals surface area contributed by atoms with Gasteiger partial charge in [0.2, 0.25) is 5.91 Å². The molecule has 1 rings (SSSR count). The Kier molecular flexibility index (Phi) is 5.22. The molecule has 4 heteroatoms. The van der Waals surface area contributed by atoms with Gasteiger partial charge in [-0.05, 0) is 18.6 Å². The molecule has 0 unspecified atom stereocenters. The zero-order valence-corrected chi connectivity index (χ0v) is 9.44. The van der Waals surface area contributed by atoms with E-state index in [0.29, 0.717) is 13.1 Å². The molecule has 0 aliphatic carbocycles. The molecule has 16 heavy (non-hydrogen) atoms. The van der Waals surface area contributed by atoms with Gasteiger partial charge in [-0.1, -0.05) is 12.1 Å². The highest BCUT2D eigenvalue weighted by atomic mass is 16.1. The molecule has 1 atom stereocenters. The maximum atomic E-state index is 11.5. The van der Waals surface area contributed by atoms with Crippen LogP contribution in [0, 0.1) is 0 Å². The molecule has 1 heterocycles. The number of aromatic nitrogens is 1. The number of carbonyl (C=O) groups excluding carboxylic acids is 1. The molecule has 0 aliphatic heterocycles. The molecule has 2 N–H and O–H groups in total. The molecule has 0 aromatic carbocycles. The summed E-state index contributed by atoms with van der Waals surface area (Å²) >= 11 is 0. The van der Waals surface area contributed by atoms with Crippen LogP contribution in [0.4, 0.5) is 0 Å². The monoisotopic (exact) mass is 219 g/mol. The van der Waals surface area contributed by atoms with Crippen LogP contribution in [0.15, 0.2) is 37.2 Å². The average molecular weight is 219 g/mol. The molecular formula is C12H17N3O.